The maximum absolute atomic E-state index is 13.3. The minimum atomic E-state index is -0.260. The van der Waals surface area contributed by atoms with Crippen molar-refractivity contribution in [3.8, 4) is 5.75 Å². The monoisotopic (exact) mass is 399 g/mol. The van der Waals surface area contributed by atoms with E-state index in [0.717, 1.165) is 57.1 Å². The number of fused-ring (bicyclic) bond motifs is 1. The first-order chi connectivity index (χ1) is 14.1. The summed E-state index contributed by atoms with van der Waals surface area (Å²) in [6.45, 7) is 6.95. The number of hydrogen-bond acceptors (Lipinski definition) is 2. The van der Waals surface area contributed by atoms with E-state index in [1.54, 1.807) is 22.9 Å². The molecule has 1 saturated heterocycles. The number of likely N-dealkylation sites (N-methyl/N-ethyl adjacent to an activating group) is 1. The molecule has 29 heavy (non-hydrogen) atoms. The zero-order valence-electron chi connectivity index (χ0n) is 17.0. The summed E-state index contributed by atoms with van der Waals surface area (Å²) in [5.41, 5.74) is 3.53. The second kappa shape index (κ2) is 8.93. The Kier molecular flexibility index (Phi) is 6.11. The Balaban J connectivity index is 1.22. The number of ether oxygens (including phenoxy) is 1. The summed E-state index contributed by atoms with van der Waals surface area (Å²) >= 11 is 0. The predicted molar refractivity (Wildman–Crippen MR) is 108 cm³/mol. The van der Waals surface area contributed by atoms with Crippen LogP contribution >= 0.6 is 0 Å². The van der Waals surface area contributed by atoms with E-state index in [1.165, 1.54) is 28.2 Å². The number of benzene rings is 2. The Morgan fingerprint density at radius 3 is 2.66 bits per heavy atom. The van der Waals surface area contributed by atoms with Crippen LogP contribution in [0.1, 0.15) is 16.7 Å². The van der Waals surface area contributed by atoms with Gasteiger partial charge < -0.3 is 19.4 Å². The fourth-order valence-corrected chi connectivity index (χ4v) is 4.30. The number of rotatable bonds is 6. The molecule has 2 aromatic carbocycles. The van der Waals surface area contributed by atoms with Crippen molar-refractivity contribution in [2.45, 2.75) is 19.5 Å². The molecule has 0 spiro atoms. The zero-order valence-corrected chi connectivity index (χ0v) is 17.0. The van der Waals surface area contributed by atoms with Gasteiger partial charge in [-0.15, -0.1) is 0 Å². The molecule has 0 bridgehead atoms. The highest BCUT2D eigenvalue weighted by Crippen LogP contribution is 2.25. The van der Waals surface area contributed by atoms with E-state index >= 15 is 0 Å². The Morgan fingerprint density at radius 2 is 1.86 bits per heavy atom. The van der Waals surface area contributed by atoms with Crippen molar-refractivity contribution in [1.29, 1.82) is 0 Å². The van der Waals surface area contributed by atoms with Crippen LogP contribution in [0.25, 0.3) is 0 Å². The van der Waals surface area contributed by atoms with Crippen LogP contribution in [0, 0.1) is 5.82 Å². The Labute approximate surface area is 171 Å². The van der Waals surface area contributed by atoms with Gasteiger partial charge in [-0.1, -0.05) is 12.1 Å². The van der Waals surface area contributed by atoms with Crippen LogP contribution in [0.4, 0.5) is 4.39 Å². The minimum absolute atomic E-state index is 0.117. The lowest BCUT2D eigenvalue weighted by atomic mass is 10.1. The number of piperazine rings is 1. The fraction of sp³-hybridized carbons (Fsp3) is 0.435. The molecule has 0 radical (unpaired) electrons. The molecule has 154 valence electrons. The highest BCUT2D eigenvalue weighted by molar-refractivity contribution is 5.76. The van der Waals surface area contributed by atoms with Crippen LogP contribution in [0.15, 0.2) is 42.5 Å². The Hall–Kier alpha value is -2.44. The molecule has 1 amide bonds. The first-order valence-corrected chi connectivity index (χ1v) is 10.5. The standard InChI is InChI=1S/C23H28FN3O2/c1-25(15-18-3-2-4-21(24)14-18)23(28)17-27-10-8-26(9-11-27)16-19-5-6-22-20(13-19)7-12-29-22/h2-6,13-14H,7-12,15-17H2,1H3/p+2. The number of nitrogens with zero attached hydrogens (tertiary/aromatic N) is 1. The van der Waals surface area contributed by atoms with E-state index in [2.05, 4.69) is 18.2 Å². The van der Waals surface area contributed by atoms with Gasteiger partial charge in [-0.05, 0) is 41.5 Å². The molecule has 4 rings (SSSR count). The van der Waals surface area contributed by atoms with Gasteiger partial charge in [0, 0.05) is 25.6 Å². The lowest BCUT2D eigenvalue weighted by Crippen LogP contribution is -3.28. The van der Waals surface area contributed by atoms with E-state index in [-0.39, 0.29) is 11.7 Å². The Bertz CT molecular complexity index is 865. The molecule has 2 aliphatic rings. The fourth-order valence-electron chi connectivity index (χ4n) is 4.30. The molecule has 2 aliphatic heterocycles. The molecule has 0 saturated carbocycles. The van der Waals surface area contributed by atoms with E-state index in [0.29, 0.717) is 13.1 Å². The van der Waals surface area contributed by atoms with Crippen LogP contribution in [-0.4, -0.2) is 57.2 Å². The molecule has 0 atom stereocenters. The minimum Gasteiger partial charge on any atom is -0.493 e. The van der Waals surface area contributed by atoms with Crippen LogP contribution in [-0.2, 0) is 24.3 Å². The van der Waals surface area contributed by atoms with E-state index in [4.69, 9.17) is 4.74 Å². The first kappa shape index (κ1) is 19.9. The molecule has 2 aromatic rings. The topological polar surface area (TPSA) is 38.4 Å². The number of amides is 1. The van der Waals surface area contributed by atoms with Gasteiger partial charge >= 0.3 is 0 Å². The van der Waals surface area contributed by atoms with Crippen LogP contribution in [0.2, 0.25) is 0 Å². The lowest BCUT2D eigenvalue weighted by molar-refractivity contribution is -1.02. The maximum Gasteiger partial charge on any atom is 0.277 e. The van der Waals surface area contributed by atoms with Crippen molar-refractivity contribution < 1.29 is 23.7 Å². The number of nitrogens with one attached hydrogen (secondary N) is 2. The summed E-state index contributed by atoms with van der Waals surface area (Å²) in [7, 11) is 1.80. The normalized spacial score (nSPS) is 20.8. The van der Waals surface area contributed by atoms with Gasteiger partial charge in [-0.2, -0.15) is 0 Å². The molecule has 2 heterocycles. The van der Waals surface area contributed by atoms with Gasteiger partial charge in [0.05, 0.1) is 6.61 Å². The quantitative estimate of drug-likeness (QED) is 0.700. The maximum atomic E-state index is 13.3. The van der Waals surface area contributed by atoms with Crippen molar-refractivity contribution in [2.24, 2.45) is 0 Å². The van der Waals surface area contributed by atoms with E-state index in [9.17, 15) is 9.18 Å². The van der Waals surface area contributed by atoms with Gasteiger partial charge in [0.2, 0.25) is 0 Å². The van der Waals surface area contributed by atoms with E-state index in [1.807, 2.05) is 6.07 Å². The number of halogens is 1. The molecule has 5 nitrogen and oxygen atoms in total. The molecule has 2 N–H and O–H groups in total. The highest BCUT2D eigenvalue weighted by Gasteiger charge is 2.26. The summed E-state index contributed by atoms with van der Waals surface area (Å²) in [6, 6.07) is 13.0. The summed E-state index contributed by atoms with van der Waals surface area (Å²) < 4.78 is 18.9. The average molecular weight is 400 g/mol. The van der Waals surface area contributed by atoms with Crippen LogP contribution < -0.4 is 14.5 Å². The van der Waals surface area contributed by atoms with Gasteiger partial charge in [0.15, 0.2) is 6.54 Å². The smallest absolute Gasteiger partial charge is 0.277 e. The third kappa shape index (κ3) is 5.14. The third-order valence-electron chi connectivity index (χ3n) is 6.01. The SMILES string of the molecule is CN(Cc1cccc(F)c1)C(=O)C[NH+]1CC[NH+](Cc2ccc3c(c2)CCO3)CC1. The first-order valence-electron chi connectivity index (χ1n) is 10.5. The summed E-state index contributed by atoms with van der Waals surface area (Å²) in [5.74, 6) is 0.897. The summed E-state index contributed by atoms with van der Waals surface area (Å²) in [4.78, 5) is 17.2. The van der Waals surface area contributed by atoms with Gasteiger partial charge in [-0.3, -0.25) is 4.79 Å². The second-order valence-corrected chi connectivity index (χ2v) is 8.27. The number of quaternary nitrogens is 2. The molecular formula is C23H30FN3O2+2. The molecular weight excluding hydrogens is 369 g/mol. The molecule has 6 heteroatoms. The van der Waals surface area contributed by atoms with Crippen LogP contribution in [0.5, 0.6) is 5.75 Å². The Morgan fingerprint density at radius 1 is 1.07 bits per heavy atom. The van der Waals surface area contributed by atoms with Crippen molar-refractivity contribution in [1.82, 2.24) is 4.90 Å². The van der Waals surface area contributed by atoms with E-state index < -0.39 is 0 Å². The van der Waals surface area contributed by atoms with Crippen molar-refractivity contribution in [3.05, 3.63) is 65.0 Å². The number of hydrogen-bond donors (Lipinski definition) is 2. The molecule has 0 unspecified atom stereocenters. The molecule has 0 aliphatic carbocycles. The highest BCUT2D eigenvalue weighted by atomic mass is 19.1. The lowest BCUT2D eigenvalue weighted by Gasteiger charge is -2.30. The second-order valence-electron chi connectivity index (χ2n) is 8.27. The van der Waals surface area contributed by atoms with Gasteiger partial charge in [-0.25, -0.2) is 4.39 Å². The summed E-state index contributed by atoms with van der Waals surface area (Å²) in [5, 5.41) is 0. The van der Waals surface area contributed by atoms with Crippen molar-refractivity contribution in [2.75, 3.05) is 46.4 Å². The molecule has 0 aromatic heterocycles. The van der Waals surface area contributed by atoms with Crippen molar-refractivity contribution >= 4 is 5.91 Å². The zero-order chi connectivity index (χ0) is 20.2. The largest absolute Gasteiger partial charge is 0.493 e. The predicted octanol–water partition coefficient (Wildman–Crippen LogP) is -0.297. The molecule has 1 fully saturated rings. The number of carbonyl (C=O) groups excluding carboxylic acids is 1. The average Bonchev–Trinajstić information content (AvgIpc) is 3.17. The van der Waals surface area contributed by atoms with Crippen LogP contribution in [0.3, 0.4) is 0 Å². The summed E-state index contributed by atoms with van der Waals surface area (Å²) in [6.07, 6.45) is 1.02. The third-order valence-corrected chi connectivity index (χ3v) is 6.01. The van der Waals surface area contributed by atoms with Gasteiger partial charge in [0.25, 0.3) is 5.91 Å². The number of carbonyl (C=O) groups is 1. The van der Waals surface area contributed by atoms with Crippen molar-refractivity contribution in [3.63, 3.8) is 0 Å². The van der Waals surface area contributed by atoms with Gasteiger partial charge in [0.1, 0.15) is 44.3 Å².